The number of nitrogens with zero attached hydrogens (tertiary/aromatic N) is 2. The molecule has 0 aromatic heterocycles. The summed E-state index contributed by atoms with van der Waals surface area (Å²) in [5, 5.41) is 0. The first kappa shape index (κ1) is 18.6. The standard InChI is InChI=1S/C13H25N3O5S2/c1-22(18,19)14-10-13(17)15-8-5-7-12-11(15)6-3-4-9-16(12)23(2,20)21/h11-12,14H,3-10H2,1-2H3/t11-,12-/m1/s1. The maximum Gasteiger partial charge on any atom is 0.237 e. The average Bonchev–Trinajstić information content (AvgIpc) is 2.65. The van der Waals surface area contributed by atoms with Crippen LogP contribution >= 0.6 is 0 Å². The zero-order valence-corrected chi connectivity index (χ0v) is 15.2. The Hall–Kier alpha value is -0.710. The van der Waals surface area contributed by atoms with Crippen LogP contribution in [0, 0.1) is 0 Å². The Bertz CT molecular complexity index is 647. The SMILES string of the molecule is CS(=O)(=O)NCC(=O)N1CCC[C@@H]2[C@H]1CCCCN2S(C)(=O)=O. The molecule has 2 atom stereocenters. The summed E-state index contributed by atoms with van der Waals surface area (Å²) >= 11 is 0. The molecule has 0 saturated carbocycles. The fourth-order valence-electron chi connectivity index (χ4n) is 3.52. The second kappa shape index (κ2) is 7.04. The van der Waals surface area contributed by atoms with E-state index in [1.165, 1.54) is 10.6 Å². The second-order valence-corrected chi connectivity index (χ2v) is 10.1. The van der Waals surface area contributed by atoms with E-state index in [0.29, 0.717) is 13.1 Å². The van der Waals surface area contributed by atoms with E-state index in [-0.39, 0.29) is 24.5 Å². The van der Waals surface area contributed by atoms with Crippen molar-refractivity contribution in [2.75, 3.05) is 32.1 Å². The number of amides is 1. The molecular weight excluding hydrogens is 342 g/mol. The molecule has 1 N–H and O–H groups in total. The summed E-state index contributed by atoms with van der Waals surface area (Å²) in [4.78, 5) is 14.1. The van der Waals surface area contributed by atoms with Gasteiger partial charge in [-0.25, -0.2) is 21.6 Å². The van der Waals surface area contributed by atoms with Crippen molar-refractivity contribution in [1.29, 1.82) is 0 Å². The molecule has 2 aliphatic rings. The Morgan fingerprint density at radius 3 is 2.26 bits per heavy atom. The van der Waals surface area contributed by atoms with Gasteiger partial charge in [0, 0.05) is 25.2 Å². The van der Waals surface area contributed by atoms with Crippen molar-refractivity contribution in [3.05, 3.63) is 0 Å². The van der Waals surface area contributed by atoms with Crippen molar-refractivity contribution < 1.29 is 21.6 Å². The molecule has 0 aliphatic carbocycles. The van der Waals surface area contributed by atoms with Gasteiger partial charge in [0.2, 0.25) is 26.0 Å². The largest absolute Gasteiger partial charge is 0.337 e. The van der Waals surface area contributed by atoms with Crippen molar-refractivity contribution >= 4 is 26.0 Å². The van der Waals surface area contributed by atoms with Crippen molar-refractivity contribution in [1.82, 2.24) is 13.9 Å². The van der Waals surface area contributed by atoms with Gasteiger partial charge in [0.25, 0.3) is 0 Å². The molecular formula is C13H25N3O5S2. The van der Waals surface area contributed by atoms with Gasteiger partial charge < -0.3 is 4.90 Å². The van der Waals surface area contributed by atoms with Crippen molar-refractivity contribution in [2.45, 2.75) is 44.2 Å². The lowest BCUT2D eigenvalue weighted by atomic mass is 9.93. The summed E-state index contributed by atoms with van der Waals surface area (Å²) in [6.07, 6.45) is 6.07. The number of hydrogen-bond donors (Lipinski definition) is 1. The minimum atomic E-state index is -3.43. The Balaban J connectivity index is 2.17. The quantitative estimate of drug-likeness (QED) is 0.710. The van der Waals surface area contributed by atoms with Gasteiger partial charge in [-0.2, -0.15) is 4.31 Å². The van der Waals surface area contributed by atoms with Crippen LogP contribution in [-0.2, 0) is 24.8 Å². The highest BCUT2D eigenvalue weighted by Crippen LogP contribution is 2.30. The smallest absolute Gasteiger partial charge is 0.237 e. The third kappa shape index (κ3) is 4.88. The van der Waals surface area contributed by atoms with E-state index in [1.807, 2.05) is 0 Å². The molecule has 134 valence electrons. The molecule has 2 saturated heterocycles. The lowest BCUT2D eigenvalue weighted by Crippen LogP contribution is -2.58. The maximum absolute atomic E-state index is 12.4. The minimum absolute atomic E-state index is 0.171. The van der Waals surface area contributed by atoms with Crippen LogP contribution in [0.1, 0.15) is 32.1 Å². The van der Waals surface area contributed by atoms with Crippen LogP contribution in [0.15, 0.2) is 0 Å². The number of carbonyl (C=O) groups is 1. The van der Waals surface area contributed by atoms with Gasteiger partial charge in [-0.05, 0) is 25.7 Å². The molecule has 0 bridgehead atoms. The Labute approximate surface area is 138 Å². The topological polar surface area (TPSA) is 104 Å². The van der Waals surface area contributed by atoms with Gasteiger partial charge in [0.05, 0.1) is 19.1 Å². The predicted octanol–water partition coefficient (Wildman–Crippen LogP) is -0.659. The molecule has 8 nitrogen and oxygen atoms in total. The van der Waals surface area contributed by atoms with E-state index in [0.717, 1.165) is 38.4 Å². The van der Waals surface area contributed by atoms with Crippen molar-refractivity contribution in [3.8, 4) is 0 Å². The number of piperidine rings is 1. The fraction of sp³-hybridized carbons (Fsp3) is 0.923. The molecule has 0 aromatic carbocycles. The number of sulfonamides is 2. The van der Waals surface area contributed by atoms with Crippen LogP contribution in [-0.4, -0.2) is 76.2 Å². The van der Waals surface area contributed by atoms with Crippen LogP contribution in [0.4, 0.5) is 0 Å². The molecule has 2 fully saturated rings. The molecule has 2 heterocycles. The first-order valence-corrected chi connectivity index (χ1v) is 11.5. The van der Waals surface area contributed by atoms with Gasteiger partial charge in [0.15, 0.2) is 0 Å². The molecule has 2 rings (SSSR count). The summed E-state index contributed by atoms with van der Waals surface area (Å²) in [5.41, 5.74) is 0. The number of fused-ring (bicyclic) bond motifs is 1. The number of carbonyl (C=O) groups excluding carboxylic acids is 1. The highest BCUT2D eigenvalue weighted by atomic mass is 32.2. The van der Waals surface area contributed by atoms with E-state index in [4.69, 9.17) is 0 Å². The summed E-state index contributed by atoms with van der Waals surface area (Å²) < 4.78 is 50.2. The summed E-state index contributed by atoms with van der Waals surface area (Å²) in [5.74, 6) is -0.291. The number of likely N-dealkylation sites (tertiary alicyclic amines) is 1. The Kier molecular flexibility index (Phi) is 5.70. The lowest BCUT2D eigenvalue weighted by molar-refractivity contribution is -0.135. The monoisotopic (exact) mass is 367 g/mol. The Morgan fingerprint density at radius 2 is 1.65 bits per heavy atom. The van der Waals surface area contributed by atoms with Crippen molar-refractivity contribution in [2.24, 2.45) is 0 Å². The normalized spacial score (nSPS) is 27.3. The number of nitrogens with one attached hydrogen (secondary N) is 1. The minimum Gasteiger partial charge on any atom is -0.337 e. The number of hydrogen-bond acceptors (Lipinski definition) is 5. The molecule has 0 radical (unpaired) electrons. The van der Waals surface area contributed by atoms with E-state index in [2.05, 4.69) is 4.72 Å². The molecule has 0 aromatic rings. The highest BCUT2D eigenvalue weighted by molar-refractivity contribution is 7.88. The highest BCUT2D eigenvalue weighted by Gasteiger charge is 2.41. The zero-order chi connectivity index (χ0) is 17.3. The predicted molar refractivity (Wildman–Crippen MR) is 86.8 cm³/mol. The van der Waals surface area contributed by atoms with E-state index >= 15 is 0 Å². The summed E-state index contributed by atoms with van der Waals surface area (Å²) in [6, 6.07) is -0.377. The van der Waals surface area contributed by atoms with Crippen LogP contribution in [0.25, 0.3) is 0 Å². The molecule has 0 spiro atoms. The first-order valence-electron chi connectivity index (χ1n) is 7.80. The van der Waals surface area contributed by atoms with Crippen LogP contribution in [0.2, 0.25) is 0 Å². The Morgan fingerprint density at radius 1 is 1.00 bits per heavy atom. The van der Waals surface area contributed by atoms with Crippen LogP contribution in [0.5, 0.6) is 0 Å². The molecule has 23 heavy (non-hydrogen) atoms. The number of rotatable bonds is 4. The average molecular weight is 367 g/mol. The maximum atomic E-state index is 12.4. The third-order valence-electron chi connectivity index (χ3n) is 4.47. The molecule has 2 aliphatic heterocycles. The molecule has 1 amide bonds. The van der Waals surface area contributed by atoms with Crippen LogP contribution < -0.4 is 4.72 Å². The fourth-order valence-corrected chi connectivity index (χ4v) is 5.11. The molecule has 0 unspecified atom stereocenters. The summed E-state index contributed by atoms with van der Waals surface area (Å²) in [7, 11) is -6.75. The van der Waals surface area contributed by atoms with E-state index in [9.17, 15) is 21.6 Å². The second-order valence-electron chi connectivity index (χ2n) is 6.33. The van der Waals surface area contributed by atoms with Gasteiger partial charge in [-0.1, -0.05) is 6.42 Å². The van der Waals surface area contributed by atoms with Gasteiger partial charge in [-0.3, -0.25) is 4.79 Å². The van der Waals surface area contributed by atoms with E-state index < -0.39 is 20.0 Å². The first-order chi connectivity index (χ1) is 10.6. The summed E-state index contributed by atoms with van der Waals surface area (Å²) in [6.45, 7) is 0.758. The van der Waals surface area contributed by atoms with E-state index in [1.54, 1.807) is 4.90 Å². The lowest BCUT2D eigenvalue weighted by Gasteiger charge is -2.44. The van der Waals surface area contributed by atoms with Gasteiger partial charge >= 0.3 is 0 Å². The van der Waals surface area contributed by atoms with Gasteiger partial charge in [-0.15, -0.1) is 0 Å². The van der Waals surface area contributed by atoms with Gasteiger partial charge in [0.1, 0.15) is 0 Å². The van der Waals surface area contributed by atoms with Crippen molar-refractivity contribution in [3.63, 3.8) is 0 Å². The third-order valence-corrected chi connectivity index (χ3v) is 6.45. The molecule has 10 heteroatoms. The zero-order valence-electron chi connectivity index (χ0n) is 13.6. The van der Waals surface area contributed by atoms with Crippen LogP contribution in [0.3, 0.4) is 0 Å².